The van der Waals surface area contributed by atoms with Crippen molar-refractivity contribution in [2.24, 2.45) is 17.3 Å². The average molecular weight is 354 g/mol. The Kier molecular flexibility index (Phi) is 4.58. The summed E-state index contributed by atoms with van der Waals surface area (Å²) in [5.74, 6) is 2.38. The van der Waals surface area contributed by atoms with Gasteiger partial charge in [-0.25, -0.2) is 0 Å². The van der Waals surface area contributed by atoms with Crippen LogP contribution in [0.1, 0.15) is 69.4 Å². The molecule has 1 fully saturated rings. The zero-order chi connectivity index (χ0) is 18.3. The summed E-state index contributed by atoms with van der Waals surface area (Å²) in [5, 5.41) is 12.9. The summed E-state index contributed by atoms with van der Waals surface area (Å²) in [7, 11) is 0. The molecule has 0 bridgehead atoms. The van der Waals surface area contributed by atoms with E-state index in [9.17, 15) is 9.90 Å². The third-order valence-corrected chi connectivity index (χ3v) is 7.35. The quantitative estimate of drug-likeness (QED) is 0.771. The molecular formula is C23H31NO2. The minimum atomic E-state index is 0.0336. The van der Waals surface area contributed by atoms with Crippen molar-refractivity contribution >= 4 is 5.91 Å². The molecule has 1 saturated carbocycles. The Morgan fingerprint density at radius 3 is 3.00 bits per heavy atom. The van der Waals surface area contributed by atoms with Gasteiger partial charge in [0.15, 0.2) is 0 Å². The maximum Gasteiger partial charge on any atom is 0.247 e. The van der Waals surface area contributed by atoms with Gasteiger partial charge in [0.05, 0.1) is 0 Å². The fraction of sp³-hybridized carbons (Fsp3) is 0.609. The Labute approximate surface area is 156 Å². The molecule has 1 aromatic carbocycles. The summed E-state index contributed by atoms with van der Waals surface area (Å²) in [6.07, 6.45) is 9.91. The third-order valence-electron chi connectivity index (χ3n) is 7.35. The van der Waals surface area contributed by atoms with Gasteiger partial charge in [-0.05, 0) is 79.5 Å². The zero-order valence-electron chi connectivity index (χ0n) is 16.1. The van der Waals surface area contributed by atoms with Gasteiger partial charge in [0.2, 0.25) is 5.91 Å². The van der Waals surface area contributed by atoms with E-state index in [1.807, 2.05) is 12.1 Å². The van der Waals surface area contributed by atoms with Crippen LogP contribution in [0.25, 0.3) is 0 Å². The second-order valence-electron chi connectivity index (χ2n) is 8.72. The minimum Gasteiger partial charge on any atom is -0.508 e. The number of amides is 1. The second kappa shape index (κ2) is 6.75. The summed E-state index contributed by atoms with van der Waals surface area (Å²) in [6, 6.07) is 5.94. The topological polar surface area (TPSA) is 49.3 Å². The van der Waals surface area contributed by atoms with Crippen LogP contribution >= 0.6 is 0 Å². The predicted octanol–water partition coefficient (Wildman–Crippen LogP) is 4.70. The van der Waals surface area contributed by atoms with Crippen LogP contribution in [0.15, 0.2) is 29.8 Å². The van der Waals surface area contributed by atoms with Crippen molar-refractivity contribution < 1.29 is 9.90 Å². The number of nitrogens with one attached hydrogen (secondary N) is 1. The second-order valence-corrected chi connectivity index (χ2v) is 8.72. The van der Waals surface area contributed by atoms with Gasteiger partial charge < -0.3 is 10.4 Å². The highest BCUT2D eigenvalue weighted by Gasteiger charge is 2.53. The maximum atomic E-state index is 12.8. The van der Waals surface area contributed by atoms with Gasteiger partial charge in [-0.2, -0.15) is 0 Å². The molecule has 0 aliphatic heterocycles. The lowest BCUT2D eigenvalue weighted by Gasteiger charge is -2.50. The van der Waals surface area contributed by atoms with E-state index in [0.29, 0.717) is 23.5 Å². The van der Waals surface area contributed by atoms with Crippen LogP contribution in [0, 0.1) is 17.3 Å². The Bertz CT molecular complexity index is 738. The normalized spacial score (nSPS) is 32.2. The number of rotatable bonds is 4. The number of hydrogen-bond acceptors (Lipinski definition) is 2. The summed E-state index contributed by atoms with van der Waals surface area (Å²) < 4.78 is 0. The number of benzene rings is 1. The largest absolute Gasteiger partial charge is 0.508 e. The first-order valence-corrected chi connectivity index (χ1v) is 10.3. The summed E-state index contributed by atoms with van der Waals surface area (Å²) in [6.45, 7) is 5.27. The summed E-state index contributed by atoms with van der Waals surface area (Å²) in [5.41, 5.74) is 3.86. The molecule has 0 aromatic heterocycles. The lowest BCUT2D eigenvalue weighted by molar-refractivity contribution is -0.119. The number of phenolic OH excluding ortho intramolecular Hbond substituents is 1. The molecule has 3 heteroatoms. The highest BCUT2D eigenvalue weighted by molar-refractivity contribution is 5.95. The van der Waals surface area contributed by atoms with Gasteiger partial charge in [0.1, 0.15) is 5.75 Å². The van der Waals surface area contributed by atoms with E-state index in [1.54, 1.807) is 0 Å². The highest BCUT2D eigenvalue weighted by atomic mass is 16.3. The lowest BCUT2D eigenvalue weighted by Crippen LogP contribution is -2.44. The average Bonchev–Trinajstić information content (AvgIpc) is 2.98. The SMILES string of the molecule is CCCCNC(=O)C1=CC[C@H]2[C@@H]3CCc4cc(O)ccc4[C@H]3CC[C@]12C. The number of hydrogen-bond donors (Lipinski definition) is 2. The van der Waals surface area contributed by atoms with Crippen LogP contribution in [0.5, 0.6) is 5.75 Å². The van der Waals surface area contributed by atoms with Crippen molar-refractivity contribution in [2.75, 3.05) is 6.54 Å². The number of aryl methyl sites for hydroxylation is 1. The number of carbonyl (C=O) groups excluding carboxylic acids is 1. The van der Waals surface area contributed by atoms with Crippen molar-refractivity contribution in [1.29, 1.82) is 0 Å². The molecule has 0 saturated heterocycles. The lowest BCUT2D eigenvalue weighted by atomic mass is 9.54. The van der Waals surface area contributed by atoms with E-state index < -0.39 is 0 Å². The molecular weight excluding hydrogens is 322 g/mol. The molecule has 3 aliphatic rings. The van der Waals surface area contributed by atoms with Gasteiger partial charge in [-0.1, -0.05) is 32.4 Å². The van der Waals surface area contributed by atoms with Crippen LogP contribution < -0.4 is 5.32 Å². The van der Waals surface area contributed by atoms with E-state index >= 15 is 0 Å². The molecule has 0 unspecified atom stereocenters. The molecule has 3 nitrogen and oxygen atoms in total. The van der Waals surface area contributed by atoms with Crippen molar-refractivity contribution in [3.8, 4) is 5.75 Å². The van der Waals surface area contributed by atoms with Crippen LogP contribution in [0.4, 0.5) is 0 Å². The van der Waals surface area contributed by atoms with E-state index in [4.69, 9.17) is 0 Å². The Balaban J connectivity index is 1.54. The van der Waals surface area contributed by atoms with E-state index in [-0.39, 0.29) is 11.3 Å². The summed E-state index contributed by atoms with van der Waals surface area (Å²) in [4.78, 5) is 12.8. The Morgan fingerprint density at radius 2 is 2.19 bits per heavy atom. The van der Waals surface area contributed by atoms with Gasteiger partial charge in [0.25, 0.3) is 0 Å². The zero-order valence-corrected chi connectivity index (χ0v) is 16.1. The number of fused-ring (bicyclic) bond motifs is 5. The molecule has 0 spiro atoms. The predicted molar refractivity (Wildman–Crippen MR) is 104 cm³/mol. The maximum absolute atomic E-state index is 12.8. The van der Waals surface area contributed by atoms with Gasteiger partial charge in [0, 0.05) is 17.5 Å². The van der Waals surface area contributed by atoms with Gasteiger partial charge in [-0.15, -0.1) is 0 Å². The fourth-order valence-corrected chi connectivity index (χ4v) is 5.96. The van der Waals surface area contributed by atoms with E-state index in [1.165, 1.54) is 17.5 Å². The van der Waals surface area contributed by atoms with Crippen LogP contribution in [-0.2, 0) is 11.2 Å². The Hall–Kier alpha value is -1.77. The smallest absolute Gasteiger partial charge is 0.247 e. The molecule has 1 amide bonds. The minimum absolute atomic E-state index is 0.0336. The number of unbranched alkanes of at least 4 members (excludes halogenated alkanes) is 1. The molecule has 26 heavy (non-hydrogen) atoms. The van der Waals surface area contributed by atoms with E-state index in [0.717, 1.165) is 50.6 Å². The Morgan fingerprint density at radius 1 is 1.35 bits per heavy atom. The number of phenols is 1. The summed E-state index contributed by atoms with van der Waals surface area (Å²) >= 11 is 0. The number of allylic oxidation sites excluding steroid dienone is 1. The van der Waals surface area contributed by atoms with Gasteiger partial charge in [-0.3, -0.25) is 4.79 Å². The van der Waals surface area contributed by atoms with E-state index in [2.05, 4.69) is 31.3 Å². The molecule has 2 N–H and O–H groups in total. The number of aromatic hydroxyl groups is 1. The first kappa shape index (κ1) is 17.6. The fourth-order valence-electron chi connectivity index (χ4n) is 5.96. The molecule has 1 aromatic rings. The first-order chi connectivity index (χ1) is 12.5. The van der Waals surface area contributed by atoms with Crippen molar-refractivity contribution in [2.45, 2.75) is 64.7 Å². The molecule has 0 radical (unpaired) electrons. The standard InChI is InChI=1S/C23H31NO2/c1-3-4-13-24-22(26)21-10-9-20-19-7-5-15-14-16(25)6-8-17(15)18(19)11-12-23(20,21)2/h6,8,10,14,18-20,25H,3-5,7,9,11-13H2,1-2H3,(H,24,26)/t18-,19-,20+,23+/m1/s1. The molecule has 3 aliphatic carbocycles. The van der Waals surface area contributed by atoms with Crippen molar-refractivity contribution in [3.63, 3.8) is 0 Å². The van der Waals surface area contributed by atoms with Crippen molar-refractivity contribution in [1.82, 2.24) is 5.32 Å². The van der Waals surface area contributed by atoms with Crippen LogP contribution in [0.3, 0.4) is 0 Å². The van der Waals surface area contributed by atoms with Crippen LogP contribution in [0.2, 0.25) is 0 Å². The monoisotopic (exact) mass is 353 g/mol. The molecule has 4 rings (SSSR count). The van der Waals surface area contributed by atoms with Crippen molar-refractivity contribution in [3.05, 3.63) is 41.0 Å². The van der Waals surface area contributed by atoms with Crippen LogP contribution in [-0.4, -0.2) is 17.6 Å². The third kappa shape index (κ3) is 2.76. The first-order valence-electron chi connectivity index (χ1n) is 10.3. The highest BCUT2D eigenvalue weighted by Crippen LogP contribution is 2.61. The van der Waals surface area contributed by atoms with Gasteiger partial charge >= 0.3 is 0 Å². The number of carbonyl (C=O) groups is 1. The molecule has 4 atom stereocenters. The molecule has 140 valence electrons. The molecule has 0 heterocycles.